The van der Waals surface area contributed by atoms with Crippen LogP contribution < -0.4 is 5.32 Å². The van der Waals surface area contributed by atoms with E-state index in [1.165, 1.54) is 31.8 Å². The van der Waals surface area contributed by atoms with Gasteiger partial charge in [0.05, 0.1) is 69.5 Å². The standard InChI is InChI=1S/C47H79N5O20S/c1-5-30-18-31(33(56)13-9-16-66-22-32-20-52(50-49-32)23-47(24-54,25-65-4)26-67-73(62,63)64)19-34(42(30)72-46-41(60)40(59)38(57)27(2)68-46)70-45-37(48-28(3)55)43(39(58)36(21-53)71-45)69-35(44(61)51-14-10-15-51)17-29-11-7-6-8-12-29/h20,27,29-31,34-43,45-46,53-54,57-60H,5-19,21-26H2,1-4H3,(H,48,55)(H,62,63,64)/t27?,30?,31?,34-,35+,36+,37?,38-,39+,40+,41?,42-,43?,45-,46+,47?/m1/s1. The van der Waals surface area contributed by atoms with Gasteiger partial charge in [-0.25, -0.2) is 4.18 Å². The normalized spacial score (nSPS) is 33.7. The van der Waals surface area contributed by atoms with Crippen LogP contribution in [0, 0.1) is 23.2 Å². The molecular weight excluding hydrogens is 987 g/mol. The van der Waals surface area contributed by atoms with Crippen molar-refractivity contribution in [2.75, 3.05) is 53.2 Å². The van der Waals surface area contributed by atoms with Crippen molar-refractivity contribution in [3.63, 3.8) is 0 Å². The molecule has 0 spiro atoms. The van der Waals surface area contributed by atoms with Crippen molar-refractivity contribution >= 4 is 28.0 Å². The van der Waals surface area contributed by atoms with Gasteiger partial charge in [0.2, 0.25) is 5.91 Å². The van der Waals surface area contributed by atoms with Crippen LogP contribution in [0.4, 0.5) is 0 Å². The lowest BCUT2D eigenvalue weighted by Crippen LogP contribution is -2.67. The lowest BCUT2D eigenvalue weighted by molar-refractivity contribution is -0.338. The smallest absolute Gasteiger partial charge is 0.396 e. The highest BCUT2D eigenvalue weighted by Gasteiger charge is 2.53. The molecule has 3 aliphatic heterocycles. The lowest BCUT2D eigenvalue weighted by atomic mass is 9.74. The van der Waals surface area contributed by atoms with Crippen molar-refractivity contribution < 1.29 is 95.3 Å². The Morgan fingerprint density at radius 3 is 2.32 bits per heavy atom. The number of amides is 2. The maximum Gasteiger partial charge on any atom is 0.397 e. The third kappa shape index (κ3) is 16.1. The molecule has 2 aliphatic carbocycles. The van der Waals surface area contributed by atoms with Crippen molar-refractivity contribution in [3.8, 4) is 0 Å². The van der Waals surface area contributed by atoms with E-state index >= 15 is 0 Å². The molecule has 3 saturated heterocycles. The predicted octanol–water partition coefficient (Wildman–Crippen LogP) is -0.838. The van der Waals surface area contributed by atoms with Crippen LogP contribution in [-0.4, -0.2) is 214 Å². The molecule has 0 aromatic carbocycles. The number of Topliss-reactive ketones (excluding diaryl/α,β-unsaturated/α-hetero) is 1. The molecule has 1 aromatic rings. The second kappa shape index (κ2) is 27.4. The fourth-order valence-corrected chi connectivity index (χ4v) is 11.1. The average Bonchev–Trinajstić information content (AvgIpc) is 3.79. The van der Waals surface area contributed by atoms with Crippen LogP contribution in [0.1, 0.15) is 104 Å². The monoisotopic (exact) mass is 1070 g/mol. The molecule has 418 valence electrons. The van der Waals surface area contributed by atoms with Gasteiger partial charge in [0, 0.05) is 46.1 Å². The zero-order valence-corrected chi connectivity index (χ0v) is 43.1. The summed E-state index contributed by atoms with van der Waals surface area (Å²) in [5.74, 6) is -1.69. The van der Waals surface area contributed by atoms with Gasteiger partial charge in [0.15, 0.2) is 12.6 Å². The Morgan fingerprint density at radius 1 is 0.945 bits per heavy atom. The van der Waals surface area contributed by atoms with Crippen LogP contribution in [0.15, 0.2) is 6.20 Å². The number of aromatic nitrogens is 3. The number of ketones is 1. The maximum absolute atomic E-state index is 14.2. The molecule has 5 fully saturated rings. The number of carbonyl (C=O) groups is 3. The van der Waals surface area contributed by atoms with Crippen LogP contribution in [0.25, 0.3) is 0 Å². The van der Waals surface area contributed by atoms with Crippen molar-refractivity contribution in [1.29, 1.82) is 0 Å². The van der Waals surface area contributed by atoms with Crippen molar-refractivity contribution in [3.05, 3.63) is 11.9 Å². The van der Waals surface area contributed by atoms with E-state index in [4.69, 9.17) is 37.7 Å². The molecule has 73 heavy (non-hydrogen) atoms. The van der Waals surface area contributed by atoms with Gasteiger partial charge in [-0.05, 0) is 50.9 Å². The summed E-state index contributed by atoms with van der Waals surface area (Å²) in [6, 6.07) is -1.24. The summed E-state index contributed by atoms with van der Waals surface area (Å²) >= 11 is 0. The summed E-state index contributed by atoms with van der Waals surface area (Å²) in [6.45, 7) is 3.91. The third-order valence-corrected chi connectivity index (χ3v) is 15.3. The Kier molecular flexibility index (Phi) is 22.3. The Hall–Kier alpha value is -2.90. The first-order chi connectivity index (χ1) is 34.8. The molecule has 0 radical (unpaired) electrons. The minimum absolute atomic E-state index is 0.000646. The first-order valence-corrected chi connectivity index (χ1v) is 27.0. The molecule has 8 N–H and O–H groups in total. The van der Waals surface area contributed by atoms with Gasteiger partial charge in [-0.15, -0.1) is 5.10 Å². The fourth-order valence-electron chi connectivity index (χ4n) is 10.7. The fraction of sp³-hybridized carbons (Fsp3) is 0.894. The van der Waals surface area contributed by atoms with Crippen LogP contribution in [-0.2, 0) is 75.3 Å². The second-order valence-corrected chi connectivity index (χ2v) is 21.6. The van der Waals surface area contributed by atoms with Gasteiger partial charge < -0.3 is 74.0 Å². The molecule has 1 aromatic heterocycles. The number of nitrogens with one attached hydrogen (secondary N) is 1. The number of aliphatic hydroxyl groups excluding tert-OH is 6. The number of ether oxygens (including phenoxy) is 7. The molecular formula is C47H79N5O20S. The summed E-state index contributed by atoms with van der Waals surface area (Å²) in [5, 5.41) is 75.7. The van der Waals surface area contributed by atoms with E-state index in [-0.39, 0.29) is 56.8 Å². The van der Waals surface area contributed by atoms with Gasteiger partial charge in [-0.2, -0.15) is 8.42 Å². The zero-order valence-electron chi connectivity index (χ0n) is 42.3. The van der Waals surface area contributed by atoms with Crippen LogP contribution in [0.3, 0.4) is 0 Å². The largest absolute Gasteiger partial charge is 0.397 e. The number of rotatable bonds is 27. The first-order valence-electron chi connectivity index (χ1n) is 25.7. The molecule has 16 atom stereocenters. The second-order valence-electron chi connectivity index (χ2n) is 20.6. The first kappa shape index (κ1) is 59.3. The van der Waals surface area contributed by atoms with E-state index in [2.05, 4.69) is 19.8 Å². The number of carbonyl (C=O) groups excluding carboxylic acids is 3. The summed E-state index contributed by atoms with van der Waals surface area (Å²) in [4.78, 5) is 42.9. The Morgan fingerprint density at radius 2 is 1.68 bits per heavy atom. The minimum atomic E-state index is -4.80. The molecule has 7 unspecified atom stereocenters. The molecule has 0 bridgehead atoms. The summed E-state index contributed by atoms with van der Waals surface area (Å²) < 4.78 is 80.5. The van der Waals surface area contributed by atoms with Gasteiger partial charge >= 0.3 is 10.4 Å². The summed E-state index contributed by atoms with van der Waals surface area (Å²) in [6.07, 6.45) is -6.53. The minimum Gasteiger partial charge on any atom is -0.396 e. The molecule has 6 rings (SSSR count). The summed E-state index contributed by atoms with van der Waals surface area (Å²) in [7, 11) is -3.44. The Balaban J connectivity index is 1.17. The van der Waals surface area contributed by atoms with Crippen molar-refractivity contribution in [1.82, 2.24) is 25.2 Å². The van der Waals surface area contributed by atoms with Crippen LogP contribution in [0.2, 0.25) is 0 Å². The number of hydrogen-bond acceptors (Lipinski definition) is 21. The Bertz CT molecular complexity index is 2010. The molecule has 4 heterocycles. The highest BCUT2D eigenvalue weighted by atomic mass is 32.3. The van der Waals surface area contributed by atoms with Crippen molar-refractivity contribution in [2.24, 2.45) is 23.2 Å². The van der Waals surface area contributed by atoms with E-state index < -0.39 is 133 Å². The van der Waals surface area contributed by atoms with E-state index in [9.17, 15) is 53.4 Å². The maximum atomic E-state index is 14.2. The zero-order chi connectivity index (χ0) is 53.0. The Labute approximate surface area is 426 Å². The predicted molar refractivity (Wildman–Crippen MR) is 252 cm³/mol. The van der Waals surface area contributed by atoms with Crippen LogP contribution >= 0.6 is 0 Å². The van der Waals surface area contributed by atoms with Gasteiger partial charge in [-0.3, -0.25) is 23.6 Å². The number of hydrogen-bond donors (Lipinski definition) is 8. The molecule has 26 heteroatoms. The molecule has 2 saturated carbocycles. The number of nitrogens with zero attached hydrogens (tertiary/aromatic N) is 4. The topological polar surface area (TPSA) is 347 Å². The van der Waals surface area contributed by atoms with E-state index in [1.807, 2.05) is 6.92 Å². The van der Waals surface area contributed by atoms with E-state index in [1.54, 1.807) is 4.90 Å². The SMILES string of the molecule is CCC1CC(C(=O)CCCOCc2cn(CC(CO)(COC)COS(=O)(=O)O)nn2)C[C@@H](O[C@@H]2O[C@@H](CO)[C@H](O)C(O[C@@H](CC3CCCCC3)C(=O)N3CCC3)C2NC(C)=O)[C@@H]1O[C@@H]1OC(C)[C@@H](O)[C@H](O)C1O. The van der Waals surface area contributed by atoms with Gasteiger partial charge in [0.1, 0.15) is 60.2 Å². The number of likely N-dealkylation sites (tertiary alicyclic amines) is 1. The highest BCUT2D eigenvalue weighted by molar-refractivity contribution is 7.80. The highest BCUT2D eigenvalue weighted by Crippen LogP contribution is 2.41. The number of aliphatic hydroxyl groups is 6. The molecule has 25 nitrogen and oxygen atoms in total. The number of methoxy groups -OCH3 is 1. The molecule has 2 amide bonds. The van der Waals surface area contributed by atoms with Crippen LogP contribution in [0.5, 0.6) is 0 Å². The van der Waals surface area contributed by atoms with E-state index in [0.29, 0.717) is 44.5 Å². The lowest BCUT2D eigenvalue weighted by Gasteiger charge is -2.49. The van der Waals surface area contributed by atoms with Crippen molar-refractivity contribution in [2.45, 2.75) is 191 Å². The third-order valence-electron chi connectivity index (χ3n) is 14.9. The summed E-state index contributed by atoms with van der Waals surface area (Å²) in [5.41, 5.74) is -0.893. The van der Waals surface area contributed by atoms with E-state index in [0.717, 1.165) is 38.5 Å². The average molecular weight is 1070 g/mol. The van der Waals surface area contributed by atoms with Gasteiger partial charge in [0.25, 0.3) is 5.91 Å². The van der Waals surface area contributed by atoms with Gasteiger partial charge in [-0.1, -0.05) is 50.7 Å². The molecule has 5 aliphatic rings. The quantitative estimate of drug-likeness (QED) is 0.0393.